The van der Waals surface area contributed by atoms with E-state index in [-0.39, 0.29) is 18.0 Å². The lowest BCUT2D eigenvalue weighted by Gasteiger charge is -2.60. The molecule has 2 heteroatoms. The van der Waals surface area contributed by atoms with Gasteiger partial charge in [-0.1, -0.05) is 27.2 Å². The van der Waals surface area contributed by atoms with Crippen LogP contribution in [0, 0.1) is 22.7 Å². The first kappa shape index (κ1) is 15.8. The van der Waals surface area contributed by atoms with E-state index in [0.717, 1.165) is 12.3 Å². The van der Waals surface area contributed by atoms with E-state index in [1.54, 1.807) is 0 Å². The normalized spacial score (nSPS) is 49.0. The van der Waals surface area contributed by atoms with E-state index in [4.69, 9.17) is 9.47 Å². The molecule has 3 aliphatic rings. The van der Waals surface area contributed by atoms with Crippen LogP contribution in [0.25, 0.3) is 0 Å². The molecule has 0 aromatic carbocycles. The summed E-state index contributed by atoms with van der Waals surface area (Å²) in [6.45, 7) is 14.1. The van der Waals surface area contributed by atoms with Crippen LogP contribution >= 0.6 is 0 Å². The summed E-state index contributed by atoms with van der Waals surface area (Å²) < 4.78 is 12.4. The van der Waals surface area contributed by atoms with Crippen molar-refractivity contribution >= 4 is 0 Å². The van der Waals surface area contributed by atoms with Crippen molar-refractivity contribution < 1.29 is 9.47 Å². The van der Waals surface area contributed by atoms with Gasteiger partial charge in [-0.2, -0.15) is 0 Å². The zero-order chi connectivity index (χ0) is 15.5. The number of fused-ring (bicyclic) bond motifs is 3. The van der Waals surface area contributed by atoms with Crippen LogP contribution in [0.4, 0.5) is 0 Å². The molecule has 21 heavy (non-hydrogen) atoms. The molecule has 0 radical (unpaired) electrons. The standard InChI is InChI=1S/C19H34O2/c1-13(2)20-16-12-15-18(5)10-7-9-17(3,4)14(18)8-11-19(15,6)21-16/h13-16H,7-12H2,1-6H3. The summed E-state index contributed by atoms with van der Waals surface area (Å²) in [5, 5.41) is 0. The number of rotatable bonds is 2. The molecule has 2 nitrogen and oxygen atoms in total. The highest BCUT2D eigenvalue weighted by Crippen LogP contribution is 2.65. The van der Waals surface area contributed by atoms with Gasteiger partial charge in [0.1, 0.15) is 0 Å². The Labute approximate surface area is 131 Å². The molecule has 0 amide bonds. The Kier molecular flexibility index (Phi) is 3.73. The molecule has 5 unspecified atom stereocenters. The molecule has 0 spiro atoms. The van der Waals surface area contributed by atoms with Gasteiger partial charge in [0.15, 0.2) is 6.29 Å². The van der Waals surface area contributed by atoms with Crippen molar-refractivity contribution in [2.75, 3.05) is 0 Å². The Morgan fingerprint density at radius 1 is 1.00 bits per heavy atom. The molecule has 0 N–H and O–H groups in total. The Bertz CT molecular complexity index is 402. The first-order chi connectivity index (χ1) is 9.67. The molecule has 3 rings (SSSR count). The molecule has 0 bridgehead atoms. The summed E-state index contributed by atoms with van der Waals surface area (Å²) in [5.41, 5.74) is 0.966. The van der Waals surface area contributed by atoms with Crippen LogP contribution in [0.2, 0.25) is 0 Å². The smallest absolute Gasteiger partial charge is 0.159 e. The van der Waals surface area contributed by atoms with Gasteiger partial charge in [-0.25, -0.2) is 0 Å². The van der Waals surface area contributed by atoms with Crippen LogP contribution in [-0.2, 0) is 9.47 Å². The van der Waals surface area contributed by atoms with E-state index >= 15 is 0 Å². The third-order valence-corrected chi connectivity index (χ3v) is 6.99. The Balaban J connectivity index is 1.87. The minimum atomic E-state index is 0.0145. The van der Waals surface area contributed by atoms with Crippen LogP contribution in [0.15, 0.2) is 0 Å². The van der Waals surface area contributed by atoms with Crippen molar-refractivity contribution in [2.45, 2.75) is 98.1 Å². The maximum Gasteiger partial charge on any atom is 0.159 e. The van der Waals surface area contributed by atoms with Crippen molar-refractivity contribution in [1.82, 2.24) is 0 Å². The SMILES string of the molecule is CC(C)OC1CC2C(C)(CCC3C(C)(C)CCCC32C)O1. The molecule has 1 heterocycles. The van der Waals surface area contributed by atoms with Crippen LogP contribution in [0.1, 0.15) is 80.1 Å². The van der Waals surface area contributed by atoms with Crippen LogP contribution in [0.5, 0.6) is 0 Å². The van der Waals surface area contributed by atoms with E-state index in [0.29, 0.717) is 16.7 Å². The van der Waals surface area contributed by atoms with Crippen molar-refractivity contribution in [3.05, 3.63) is 0 Å². The molecule has 1 saturated heterocycles. The van der Waals surface area contributed by atoms with E-state index in [9.17, 15) is 0 Å². The highest BCUT2D eigenvalue weighted by molar-refractivity contribution is 5.10. The summed E-state index contributed by atoms with van der Waals surface area (Å²) in [4.78, 5) is 0. The van der Waals surface area contributed by atoms with Crippen molar-refractivity contribution in [1.29, 1.82) is 0 Å². The van der Waals surface area contributed by atoms with Gasteiger partial charge >= 0.3 is 0 Å². The maximum absolute atomic E-state index is 6.42. The minimum Gasteiger partial charge on any atom is -0.350 e. The lowest BCUT2D eigenvalue weighted by molar-refractivity contribution is -0.204. The number of hydrogen-bond acceptors (Lipinski definition) is 2. The van der Waals surface area contributed by atoms with Crippen molar-refractivity contribution in [3.8, 4) is 0 Å². The zero-order valence-corrected chi connectivity index (χ0v) is 14.9. The van der Waals surface area contributed by atoms with Gasteiger partial charge < -0.3 is 9.47 Å². The highest BCUT2D eigenvalue weighted by Gasteiger charge is 2.62. The average molecular weight is 294 g/mol. The second-order valence-corrected chi connectivity index (χ2v) is 9.27. The Morgan fingerprint density at radius 2 is 1.71 bits per heavy atom. The van der Waals surface area contributed by atoms with Crippen LogP contribution < -0.4 is 0 Å². The Hall–Kier alpha value is -0.0800. The van der Waals surface area contributed by atoms with Gasteiger partial charge in [-0.15, -0.1) is 0 Å². The molecular formula is C19H34O2. The van der Waals surface area contributed by atoms with Crippen LogP contribution in [-0.4, -0.2) is 18.0 Å². The lowest BCUT2D eigenvalue weighted by Crippen LogP contribution is -2.55. The van der Waals surface area contributed by atoms with Crippen molar-refractivity contribution in [3.63, 3.8) is 0 Å². The zero-order valence-electron chi connectivity index (χ0n) is 14.9. The molecule has 0 aromatic heterocycles. The first-order valence-electron chi connectivity index (χ1n) is 9.01. The predicted molar refractivity (Wildman–Crippen MR) is 86.1 cm³/mol. The fourth-order valence-corrected chi connectivity index (χ4v) is 6.19. The number of hydrogen-bond donors (Lipinski definition) is 0. The van der Waals surface area contributed by atoms with E-state index in [1.165, 1.54) is 32.1 Å². The molecule has 122 valence electrons. The second-order valence-electron chi connectivity index (χ2n) is 9.27. The molecule has 1 aliphatic heterocycles. The fourth-order valence-electron chi connectivity index (χ4n) is 6.19. The minimum absolute atomic E-state index is 0.0145. The molecule has 2 saturated carbocycles. The summed E-state index contributed by atoms with van der Waals surface area (Å²) in [7, 11) is 0. The van der Waals surface area contributed by atoms with Gasteiger partial charge in [0, 0.05) is 6.42 Å². The fraction of sp³-hybridized carbons (Fsp3) is 1.00. The second kappa shape index (κ2) is 4.96. The van der Waals surface area contributed by atoms with E-state index < -0.39 is 0 Å². The summed E-state index contributed by atoms with van der Waals surface area (Å²) in [6.07, 6.45) is 8.04. The summed E-state index contributed by atoms with van der Waals surface area (Å²) in [6, 6.07) is 0. The summed E-state index contributed by atoms with van der Waals surface area (Å²) in [5.74, 6) is 1.50. The van der Waals surface area contributed by atoms with Gasteiger partial charge in [0.25, 0.3) is 0 Å². The maximum atomic E-state index is 6.42. The molecule has 0 aromatic rings. The average Bonchev–Trinajstić information content (AvgIpc) is 2.65. The third kappa shape index (κ3) is 2.47. The monoisotopic (exact) mass is 294 g/mol. The third-order valence-electron chi connectivity index (χ3n) is 6.99. The van der Waals surface area contributed by atoms with Crippen LogP contribution in [0.3, 0.4) is 0 Å². The summed E-state index contributed by atoms with van der Waals surface area (Å²) >= 11 is 0. The largest absolute Gasteiger partial charge is 0.350 e. The van der Waals surface area contributed by atoms with Gasteiger partial charge in [-0.05, 0) is 69.1 Å². The van der Waals surface area contributed by atoms with Gasteiger partial charge in [-0.3, -0.25) is 0 Å². The highest BCUT2D eigenvalue weighted by atomic mass is 16.7. The lowest BCUT2D eigenvalue weighted by atomic mass is 9.45. The predicted octanol–water partition coefficient (Wildman–Crippen LogP) is 5.16. The van der Waals surface area contributed by atoms with Gasteiger partial charge in [0.05, 0.1) is 11.7 Å². The molecular weight excluding hydrogens is 260 g/mol. The first-order valence-corrected chi connectivity index (χ1v) is 9.01. The van der Waals surface area contributed by atoms with E-state index in [1.807, 2.05) is 0 Å². The van der Waals surface area contributed by atoms with Gasteiger partial charge in [0.2, 0.25) is 0 Å². The quantitative estimate of drug-likeness (QED) is 0.700. The topological polar surface area (TPSA) is 18.5 Å². The van der Waals surface area contributed by atoms with E-state index in [2.05, 4.69) is 41.5 Å². The molecule has 2 aliphatic carbocycles. The number of ether oxygens (including phenoxy) is 2. The molecule has 5 atom stereocenters. The van der Waals surface area contributed by atoms with Crippen molar-refractivity contribution in [2.24, 2.45) is 22.7 Å². The molecule has 3 fully saturated rings. The Morgan fingerprint density at radius 3 is 2.38 bits per heavy atom.